The molecule has 28 heavy (non-hydrogen) atoms. The first-order valence-electron chi connectivity index (χ1n) is 9.27. The lowest BCUT2D eigenvalue weighted by Crippen LogP contribution is -2.28. The number of amides is 1. The number of benzene rings is 1. The number of carbonyl (C=O) groups excluding carboxylic acids is 1. The molecule has 148 valence electrons. The van der Waals surface area contributed by atoms with Crippen molar-refractivity contribution in [3.8, 4) is 23.0 Å². The Bertz CT molecular complexity index is 916. The van der Waals surface area contributed by atoms with E-state index in [0.717, 1.165) is 12.0 Å². The Hall–Kier alpha value is -3.22. The Morgan fingerprint density at radius 1 is 1.18 bits per heavy atom. The molecular formula is C21H25N3O4. The molecule has 1 amide bonds. The number of hydrogen-bond donors (Lipinski definition) is 1. The summed E-state index contributed by atoms with van der Waals surface area (Å²) in [5.41, 5.74) is 2.24. The number of aromatic nitrogens is 2. The Kier molecular flexibility index (Phi) is 6.37. The maximum absolute atomic E-state index is 12.7. The van der Waals surface area contributed by atoms with Gasteiger partial charge in [-0.2, -0.15) is 5.10 Å². The maximum Gasteiger partial charge on any atom is 0.269 e. The van der Waals surface area contributed by atoms with Crippen LogP contribution in [-0.2, 0) is 13.0 Å². The number of rotatable bonds is 9. The molecule has 0 aliphatic carbocycles. The van der Waals surface area contributed by atoms with E-state index in [2.05, 4.69) is 10.4 Å². The van der Waals surface area contributed by atoms with Gasteiger partial charge in [-0.25, -0.2) is 0 Å². The molecule has 7 heteroatoms. The summed E-state index contributed by atoms with van der Waals surface area (Å²) in [4.78, 5) is 12.7. The van der Waals surface area contributed by atoms with E-state index in [1.807, 2.05) is 31.2 Å². The van der Waals surface area contributed by atoms with Crippen molar-refractivity contribution >= 4 is 5.91 Å². The number of furan rings is 1. The van der Waals surface area contributed by atoms with Crippen molar-refractivity contribution in [2.45, 2.75) is 26.3 Å². The van der Waals surface area contributed by atoms with Crippen molar-refractivity contribution in [1.29, 1.82) is 0 Å². The fourth-order valence-electron chi connectivity index (χ4n) is 2.97. The maximum atomic E-state index is 12.7. The summed E-state index contributed by atoms with van der Waals surface area (Å²) in [6.07, 6.45) is 3.15. The van der Waals surface area contributed by atoms with Crippen LogP contribution in [0.2, 0.25) is 0 Å². The summed E-state index contributed by atoms with van der Waals surface area (Å²) < 4.78 is 17.7. The third-order valence-corrected chi connectivity index (χ3v) is 4.37. The lowest BCUT2D eigenvalue weighted by Gasteiger charge is -2.10. The first-order chi connectivity index (χ1) is 13.7. The Morgan fingerprint density at radius 2 is 2.00 bits per heavy atom. The van der Waals surface area contributed by atoms with Gasteiger partial charge in [-0.3, -0.25) is 9.48 Å². The Morgan fingerprint density at radius 3 is 2.68 bits per heavy atom. The van der Waals surface area contributed by atoms with Crippen LogP contribution >= 0.6 is 0 Å². The topological polar surface area (TPSA) is 78.5 Å². The van der Waals surface area contributed by atoms with E-state index < -0.39 is 0 Å². The summed E-state index contributed by atoms with van der Waals surface area (Å²) in [6, 6.07) is 11.1. The standard InChI is InChI=1S/C21H25N3O4/c1-4-11-24-17(14-16(23-24)18-6-5-12-28-18)21(25)22-10-9-15-7-8-19(26-2)20(13-15)27-3/h5-8,12-14H,4,9-11H2,1-3H3,(H,22,25). The zero-order chi connectivity index (χ0) is 19.9. The molecule has 3 aromatic rings. The predicted molar refractivity (Wildman–Crippen MR) is 106 cm³/mol. The zero-order valence-corrected chi connectivity index (χ0v) is 16.4. The van der Waals surface area contributed by atoms with E-state index in [4.69, 9.17) is 13.9 Å². The average molecular weight is 383 g/mol. The molecule has 0 aliphatic heterocycles. The Labute approximate surface area is 164 Å². The van der Waals surface area contributed by atoms with Crippen LogP contribution in [0.5, 0.6) is 11.5 Å². The normalized spacial score (nSPS) is 10.7. The number of ether oxygens (including phenoxy) is 2. The lowest BCUT2D eigenvalue weighted by atomic mass is 10.1. The molecule has 2 aromatic heterocycles. The number of hydrogen-bond acceptors (Lipinski definition) is 5. The quantitative estimate of drug-likeness (QED) is 0.611. The molecular weight excluding hydrogens is 358 g/mol. The lowest BCUT2D eigenvalue weighted by molar-refractivity contribution is 0.0943. The molecule has 1 N–H and O–H groups in total. The molecule has 0 radical (unpaired) electrons. The van der Waals surface area contributed by atoms with Crippen molar-refractivity contribution in [3.63, 3.8) is 0 Å². The average Bonchev–Trinajstić information content (AvgIpc) is 3.38. The predicted octanol–water partition coefficient (Wildman–Crippen LogP) is 3.54. The van der Waals surface area contributed by atoms with E-state index in [1.165, 1.54) is 0 Å². The molecule has 2 heterocycles. The first-order valence-corrected chi connectivity index (χ1v) is 9.27. The molecule has 1 aromatic carbocycles. The first kappa shape index (κ1) is 19.5. The smallest absolute Gasteiger partial charge is 0.269 e. The van der Waals surface area contributed by atoms with Gasteiger partial charge in [0.25, 0.3) is 5.91 Å². The van der Waals surface area contributed by atoms with E-state index >= 15 is 0 Å². The van der Waals surface area contributed by atoms with Crippen molar-refractivity contribution in [3.05, 3.63) is 53.9 Å². The van der Waals surface area contributed by atoms with Crippen LogP contribution in [0, 0.1) is 0 Å². The highest BCUT2D eigenvalue weighted by atomic mass is 16.5. The zero-order valence-electron chi connectivity index (χ0n) is 16.4. The minimum absolute atomic E-state index is 0.153. The second-order valence-corrected chi connectivity index (χ2v) is 6.31. The molecule has 0 spiro atoms. The second kappa shape index (κ2) is 9.12. The van der Waals surface area contributed by atoms with Crippen LogP contribution in [0.3, 0.4) is 0 Å². The highest BCUT2D eigenvalue weighted by molar-refractivity contribution is 5.93. The van der Waals surface area contributed by atoms with Gasteiger partial charge in [0.1, 0.15) is 11.4 Å². The van der Waals surface area contributed by atoms with E-state index in [1.54, 1.807) is 37.3 Å². The molecule has 7 nitrogen and oxygen atoms in total. The SMILES string of the molecule is CCCn1nc(-c2ccco2)cc1C(=O)NCCc1ccc(OC)c(OC)c1. The monoisotopic (exact) mass is 383 g/mol. The summed E-state index contributed by atoms with van der Waals surface area (Å²) in [5.74, 6) is 1.85. The third-order valence-electron chi connectivity index (χ3n) is 4.37. The van der Waals surface area contributed by atoms with Crippen LogP contribution in [0.15, 0.2) is 47.1 Å². The van der Waals surface area contributed by atoms with Crippen LogP contribution in [0.1, 0.15) is 29.4 Å². The van der Waals surface area contributed by atoms with Crippen LogP contribution in [0.25, 0.3) is 11.5 Å². The molecule has 0 saturated carbocycles. The van der Waals surface area contributed by atoms with Gasteiger partial charge in [0.15, 0.2) is 17.3 Å². The summed E-state index contributed by atoms with van der Waals surface area (Å²) >= 11 is 0. The van der Waals surface area contributed by atoms with Crippen molar-refractivity contribution in [2.24, 2.45) is 0 Å². The van der Waals surface area contributed by atoms with Crippen LogP contribution in [-0.4, -0.2) is 36.5 Å². The van der Waals surface area contributed by atoms with Crippen molar-refractivity contribution < 1.29 is 18.7 Å². The van der Waals surface area contributed by atoms with E-state index in [-0.39, 0.29) is 5.91 Å². The number of carbonyl (C=O) groups is 1. The number of methoxy groups -OCH3 is 2. The van der Waals surface area contributed by atoms with E-state index in [0.29, 0.717) is 48.2 Å². The molecule has 0 bridgehead atoms. The van der Waals surface area contributed by atoms with Crippen molar-refractivity contribution in [1.82, 2.24) is 15.1 Å². The van der Waals surface area contributed by atoms with Crippen molar-refractivity contribution in [2.75, 3.05) is 20.8 Å². The fraction of sp³-hybridized carbons (Fsp3) is 0.333. The molecule has 0 fully saturated rings. The van der Waals surface area contributed by atoms with Crippen LogP contribution in [0.4, 0.5) is 0 Å². The molecule has 3 rings (SSSR count). The van der Waals surface area contributed by atoms with Gasteiger partial charge in [0, 0.05) is 19.2 Å². The fourth-order valence-corrected chi connectivity index (χ4v) is 2.97. The highest BCUT2D eigenvalue weighted by Gasteiger charge is 2.17. The summed E-state index contributed by atoms with van der Waals surface area (Å²) in [6.45, 7) is 3.22. The van der Waals surface area contributed by atoms with Gasteiger partial charge < -0.3 is 19.2 Å². The van der Waals surface area contributed by atoms with Gasteiger partial charge in [-0.05, 0) is 42.7 Å². The molecule has 0 aliphatic rings. The van der Waals surface area contributed by atoms with Gasteiger partial charge in [-0.1, -0.05) is 13.0 Å². The summed E-state index contributed by atoms with van der Waals surface area (Å²) in [5, 5.41) is 7.47. The number of nitrogens with one attached hydrogen (secondary N) is 1. The molecule has 0 saturated heterocycles. The molecule has 0 unspecified atom stereocenters. The highest BCUT2D eigenvalue weighted by Crippen LogP contribution is 2.27. The third kappa shape index (κ3) is 4.36. The summed E-state index contributed by atoms with van der Waals surface area (Å²) in [7, 11) is 3.21. The Balaban J connectivity index is 1.66. The van der Waals surface area contributed by atoms with Gasteiger partial charge >= 0.3 is 0 Å². The minimum Gasteiger partial charge on any atom is -0.493 e. The van der Waals surface area contributed by atoms with E-state index in [9.17, 15) is 4.79 Å². The minimum atomic E-state index is -0.153. The second-order valence-electron chi connectivity index (χ2n) is 6.31. The largest absolute Gasteiger partial charge is 0.493 e. The number of aryl methyl sites for hydroxylation is 1. The number of nitrogens with zero attached hydrogens (tertiary/aromatic N) is 2. The van der Waals surface area contributed by atoms with Crippen LogP contribution < -0.4 is 14.8 Å². The van der Waals surface area contributed by atoms with Gasteiger partial charge in [-0.15, -0.1) is 0 Å². The van der Waals surface area contributed by atoms with Gasteiger partial charge in [0.05, 0.1) is 20.5 Å². The van der Waals surface area contributed by atoms with Gasteiger partial charge in [0.2, 0.25) is 0 Å². The molecule has 0 atom stereocenters.